The standard InChI is InChI=1S/C12H10N4O2/c1-18-11(17)10-6-13-7-16(10)12-14-8-4-2-3-5-9(8)15-12/h2-7H,1H3,(H,14,15). The Kier molecular flexibility index (Phi) is 2.33. The summed E-state index contributed by atoms with van der Waals surface area (Å²) in [6.45, 7) is 0. The molecule has 0 amide bonds. The minimum Gasteiger partial charge on any atom is -0.464 e. The van der Waals surface area contributed by atoms with Gasteiger partial charge < -0.3 is 9.72 Å². The van der Waals surface area contributed by atoms with Crippen LogP contribution >= 0.6 is 0 Å². The van der Waals surface area contributed by atoms with Crippen LogP contribution in [0.15, 0.2) is 36.8 Å². The molecule has 0 aliphatic carbocycles. The Bertz CT molecular complexity index is 681. The van der Waals surface area contributed by atoms with E-state index in [1.807, 2.05) is 24.3 Å². The molecule has 0 atom stereocenters. The fourth-order valence-corrected chi connectivity index (χ4v) is 1.77. The summed E-state index contributed by atoms with van der Waals surface area (Å²) >= 11 is 0. The lowest BCUT2D eigenvalue weighted by molar-refractivity contribution is 0.0591. The zero-order valence-electron chi connectivity index (χ0n) is 9.62. The van der Waals surface area contributed by atoms with Gasteiger partial charge in [0.15, 0.2) is 5.69 Å². The van der Waals surface area contributed by atoms with Gasteiger partial charge in [0.05, 0.1) is 24.3 Å². The highest BCUT2D eigenvalue weighted by Gasteiger charge is 2.15. The van der Waals surface area contributed by atoms with Crippen molar-refractivity contribution in [1.82, 2.24) is 19.5 Å². The van der Waals surface area contributed by atoms with Crippen LogP contribution in [0, 0.1) is 0 Å². The maximum absolute atomic E-state index is 11.6. The first-order valence-electron chi connectivity index (χ1n) is 5.35. The van der Waals surface area contributed by atoms with E-state index in [-0.39, 0.29) is 0 Å². The van der Waals surface area contributed by atoms with Gasteiger partial charge in [0, 0.05) is 0 Å². The normalized spacial score (nSPS) is 10.7. The number of methoxy groups -OCH3 is 1. The van der Waals surface area contributed by atoms with Crippen LogP contribution in [-0.2, 0) is 4.74 Å². The third kappa shape index (κ3) is 1.55. The summed E-state index contributed by atoms with van der Waals surface area (Å²) in [6, 6.07) is 7.63. The Hall–Kier alpha value is -2.63. The van der Waals surface area contributed by atoms with Crippen LogP contribution in [0.2, 0.25) is 0 Å². The van der Waals surface area contributed by atoms with Gasteiger partial charge in [0.2, 0.25) is 5.95 Å². The van der Waals surface area contributed by atoms with Crippen LogP contribution in [0.5, 0.6) is 0 Å². The van der Waals surface area contributed by atoms with Crippen LogP contribution in [0.25, 0.3) is 17.0 Å². The van der Waals surface area contributed by atoms with E-state index in [1.165, 1.54) is 19.6 Å². The summed E-state index contributed by atoms with van der Waals surface area (Å²) in [5.41, 5.74) is 2.06. The topological polar surface area (TPSA) is 72.8 Å². The van der Waals surface area contributed by atoms with Gasteiger partial charge in [0.1, 0.15) is 6.33 Å². The van der Waals surface area contributed by atoms with E-state index in [4.69, 9.17) is 0 Å². The van der Waals surface area contributed by atoms with E-state index in [9.17, 15) is 4.79 Å². The van der Waals surface area contributed by atoms with Gasteiger partial charge in [-0.05, 0) is 12.1 Å². The highest BCUT2D eigenvalue weighted by Crippen LogP contribution is 2.15. The van der Waals surface area contributed by atoms with Crippen LogP contribution in [0.3, 0.4) is 0 Å². The van der Waals surface area contributed by atoms with Crippen LogP contribution < -0.4 is 0 Å². The van der Waals surface area contributed by atoms with Crippen molar-refractivity contribution in [1.29, 1.82) is 0 Å². The third-order valence-electron chi connectivity index (χ3n) is 2.64. The van der Waals surface area contributed by atoms with Crippen LogP contribution in [0.4, 0.5) is 0 Å². The maximum atomic E-state index is 11.6. The molecule has 0 aliphatic rings. The smallest absolute Gasteiger partial charge is 0.356 e. The highest BCUT2D eigenvalue weighted by molar-refractivity contribution is 5.88. The molecule has 2 aromatic heterocycles. The van der Waals surface area contributed by atoms with E-state index >= 15 is 0 Å². The number of nitrogens with zero attached hydrogens (tertiary/aromatic N) is 3. The molecule has 3 aromatic rings. The SMILES string of the molecule is COC(=O)c1cncn1-c1nc2ccccc2[nH]1. The van der Waals surface area contributed by atoms with Gasteiger partial charge in [-0.3, -0.25) is 4.57 Å². The minimum absolute atomic E-state index is 0.330. The zero-order valence-corrected chi connectivity index (χ0v) is 9.62. The van der Waals surface area contributed by atoms with E-state index in [0.29, 0.717) is 11.6 Å². The molecule has 0 saturated heterocycles. The van der Waals surface area contributed by atoms with Crippen molar-refractivity contribution in [2.24, 2.45) is 0 Å². The zero-order chi connectivity index (χ0) is 12.5. The van der Waals surface area contributed by atoms with Crippen molar-refractivity contribution < 1.29 is 9.53 Å². The van der Waals surface area contributed by atoms with Gasteiger partial charge in [-0.1, -0.05) is 12.1 Å². The average molecular weight is 242 g/mol. The predicted molar refractivity (Wildman–Crippen MR) is 64.6 cm³/mol. The van der Waals surface area contributed by atoms with E-state index in [0.717, 1.165) is 11.0 Å². The molecule has 0 spiro atoms. The molecular weight excluding hydrogens is 232 g/mol. The number of hydrogen-bond acceptors (Lipinski definition) is 4. The van der Waals surface area contributed by atoms with Gasteiger partial charge in [-0.25, -0.2) is 14.8 Å². The molecule has 1 aromatic carbocycles. The number of benzene rings is 1. The summed E-state index contributed by atoms with van der Waals surface area (Å²) in [7, 11) is 1.33. The lowest BCUT2D eigenvalue weighted by Crippen LogP contribution is -2.09. The average Bonchev–Trinajstić information content (AvgIpc) is 3.03. The molecule has 18 heavy (non-hydrogen) atoms. The summed E-state index contributed by atoms with van der Waals surface area (Å²) < 4.78 is 6.25. The summed E-state index contributed by atoms with van der Waals surface area (Å²) in [4.78, 5) is 23.0. The van der Waals surface area contributed by atoms with Crippen molar-refractivity contribution in [3.05, 3.63) is 42.5 Å². The lowest BCUT2D eigenvalue weighted by Gasteiger charge is -2.01. The molecular formula is C12H10N4O2. The van der Waals surface area contributed by atoms with Crippen molar-refractivity contribution in [2.75, 3.05) is 7.11 Å². The number of hydrogen-bond donors (Lipinski definition) is 1. The van der Waals surface area contributed by atoms with Gasteiger partial charge in [-0.15, -0.1) is 0 Å². The number of carbonyl (C=O) groups is 1. The second-order valence-corrected chi connectivity index (χ2v) is 3.72. The molecule has 0 aliphatic heterocycles. The first-order valence-corrected chi connectivity index (χ1v) is 5.35. The first kappa shape index (κ1) is 10.5. The summed E-state index contributed by atoms with van der Waals surface area (Å²) in [5.74, 6) is 0.0852. The lowest BCUT2D eigenvalue weighted by atomic mass is 10.3. The number of nitrogens with one attached hydrogen (secondary N) is 1. The minimum atomic E-state index is -0.451. The maximum Gasteiger partial charge on any atom is 0.356 e. The number of imidazole rings is 2. The molecule has 6 heteroatoms. The fraction of sp³-hybridized carbons (Fsp3) is 0.0833. The number of H-pyrrole nitrogens is 1. The molecule has 6 nitrogen and oxygen atoms in total. The fourth-order valence-electron chi connectivity index (χ4n) is 1.77. The number of para-hydroxylation sites is 2. The van der Waals surface area contributed by atoms with E-state index < -0.39 is 5.97 Å². The molecule has 0 bridgehead atoms. The van der Waals surface area contributed by atoms with Crippen molar-refractivity contribution in [2.45, 2.75) is 0 Å². The largest absolute Gasteiger partial charge is 0.464 e. The number of fused-ring (bicyclic) bond motifs is 1. The molecule has 0 unspecified atom stereocenters. The van der Waals surface area contributed by atoms with E-state index in [1.54, 1.807) is 4.57 Å². The monoisotopic (exact) mass is 242 g/mol. The number of aromatic nitrogens is 4. The molecule has 90 valence electrons. The Morgan fingerprint density at radius 2 is 2.22 bits per heavy atom. The second kappa shape index (κ2) is 3.99. The Morgan fingerprint density at radius 3 is 3.00 bits per heavy atom. The number of aromatic amines is 1. The van der Waals surface area contributed by atoms with Crippen LogP contribution in [-0.4, -0.2) is 32.6 Å². The summed E-state index contributed by atoms with van der Waals surface area (Å²) in [6.07, 6.45) is 2.96. The van der Waals surface area contributed by atoms with Crippen LogP contribution in [0.1, 0.15) is 10.5 Å². The van der Waals surface area contributed by atoms with Crippen molar-refractivity contribution >= 4 is 17.0 Å². The van der Waals surface area contributed by atoms with Gasteiger partial charge in [0.25, 0.3) is 0 Å². The summed E-state index contributed by atoms with van der Waals surface area (Å²) in [5, 5.41) is 0. The Labute approximate surface area is 102 Å². The van der Waals surface area contributed by atoms with E-state index in [2.05, 4.69) is 19.7 Å². The van der Waals surface area contributed by atoms with Crippen molar-refractivity contribution in [3.8, 4) is 5.95 Å². The molecule has 0 radical (unpaired) electrons. The molecule has 2 heterocycles. The Morgan fingerprint density at radius 1 is 1.39 bits per heavy atom. The first-order chi connectivity index (χ1) is 8.79. The Balaban J connectivity index is 2.14. The number of rotatable bonds is 2. The molecule has 3 rings (SSSR count). The molecule has 0 saturated carbocycles. The van der Waals surface area contributed by atoms with Gasteiger partial charge >= 0.3 is 5.97 Å². The highest BCUT2D eigenvalue weighted by atomic mass is 16.5. The van der Waals surface area contributed by atoms with Gasteiger partial charge in [-0.2, -0.15) is 0 Å². The quantitative estimate of drug-likeness (QED) is 0.692. The molecule has 0 fully saturated rings. The third-order valence-corrected chi connectivity index (χ3v) is 2.64. The molecule has 1 N–H and O–H groups in total. The predicted octanol–water partition coefficient (Wildman–Crippen LogP) is 1.54. The number of ether oxygens (including phenoxy) is 1. The second-order valence-electron chi connectivity index (χ2n) is 3.72. The van der Waals surface area contributed by atoms with Crippen molar-refractivity contribution in [3.63, 3.8) is 0 Å². The number of carbonyl (C=O) groups excluding carboxylic acids is 1. The number of esters is 1.